The van der Waals surface area contributed by atoms with Crippen LogP contribution >= 0.6 is 0 Å². The molecule has 5 nitrogen and oxygen atoms in total. The van der Waals surface area contributed by atoms with Gasteiger partial charge in [-0.2, -0.15) is 0 Å². The van der Waals surface area contributed by atoms with E-state index in [1.807, 2.05) is 19.9 Å². The lowest BCUT2D eigenvalue weighted by atomic mass is 10.1. The van der Waals surface area contributed by atoms with Gasteiger partial charge in [-0.3, -0.25) is 9.59 Å². The number of anilines is 1. The van der Waals surface area contributed by atoms with E-state index in [1.54, 1.807) is 30.3 Å². The Kier molecular flexibility index (Phi) is 5.37. The molecule has 2 aromatic carbocycles. The lowest BCUT2D eigenvalue weighted by Gasteiger charge is -2.09. The highest BCUT2D eigenvalue weighted by Crippen LogP contribution is 2.19. The number of carbonyl (C=O) groups is 2. The van der Waals surface area contributed by atoms with Crippen LogP contribution in [0.25, 0.3) is 0 Å². The highest BCUT2D eigenvalue weighted by atomic mass is 16.5. The minimum atomic E-state index is -0.736. The molecule has 0 fully saturated rings. The second kappa shape index (κ2) is 7.46. The third-order valence-electron chi connectivity index (χ3n) is 3.71. The van der Waals surface area contributed by atoms with Gasteiger partial charge in [-0.05, 0) is 43.2 Å². The van der Waals surface area contributed by atoms with E-state index in [0.29, 0.717) is 17.0 Å². The van der Waals surface area contributed by atoms with Gasteiger partial charge in [-0.15, -0.1) is 0 Å². The Morgan fingerprint density at radius 2 is 1.83 bits per heavy atom. The Bertz CT molecular complexity index is 809. The van der Waals surface area contributed by atoms with E-state index in [2.05, 4.69) is 5.32 Å². The summed E-state index contributed by atoms with van der Waals surface area (Å²) in [6.45, 7) is 3.79. The maximum Gasteiger partial charge on any atom is 0.290 e. The van der Waals surface area contributed by atoms with Gasteiger partial charge in [0.25, 0.3) is 5.91 Å². The van der Waals surface area contributed by atoms with Crippen LogP contribution in [-0.4, -0.2) is 23.9 Å². The fraction of sp³-hybridized carbons (Fsp3) is 0.158. The average Bonchev–Trinajstić information content (AvgIpc) is 2.58. The first kappa shape index (κ1) is 17.3. The van der Waals surface area contributed by atoms with Gasteiger partial charge < -0.3 is 15.2 Å². The summed E-state index contributed by atoms with van der Waals surface area (Å²) >= 11 is 0. The molecule has 0 radical (unpaired) electrons. The fourth-order valence-electron chi connectivity index (χ4n) is 2.12. The number of hydrogen-bond donors (Lipinski definition) is 2. The Labute approximate surface area is 140 Å². The monoisotopic (exact) mass is 325 g/mol. The van der Waals surface area contributed by atoms with Gasteiger partial charge in [0.15, 0.2) is 11.5 Å². The van der Waals surface area contributed by atoms with Crippen molar-refractivity contribution in [2.24, 2.45) is 0 Å². The van der Waals surface area contributed by atoms with Gasteiger partial charge in [-0.25, -0.2) is 0 Å². The largest absolute Gasteiger partial charge is 0.503 e. The van der Waals surface area contributed by atoms with Crippen molar-refractivity contribution >= 4 is 17.4 Å². The number of ether oxygens (including phenoxy) is 1. The molecule has 0 saturated carbocycles. The highest BCUT2D eigenvalue weighted by Gasteiger charge is 2.13. The van der Waals surface area contributed by atoms with Crippen LogP contribution in [0.3, 0.4) is 0 Å². The van der Waals surface area contributed by atoms with Crippen molar-refractivity contribution in [2.75, 3.05) is 12.4 Å². The molecule has 2 N–H and O–H groups in total. The molecular weight excluding hydrogens is 306 g/mol. The molecule has 0 heterocycles. The van der Waals surface area contributed by atoms with E-state index < -0.39 is 17.4 Å². The Morgan fingerprint density at radius 1 is 1.12 bits per heavy atom. The zero-order valence-electron chi connectivity index (χ0n) is 13.8. The number of carbonyl (C=O) groups excluding carboxylic acids is 2. The molecule has 124 valence electrons. The number of benzene rings is 2. The minimum Gasteiger partial charge on any atom is -0.503 e. The first-order chi connectivity index (χ1) is 11.4. The molecule has 0 aromatic heterocycles. The normalized spacial score (nSPS) is 11.0. The molecule has 1 amide bonds. The molecule has 0 bridgehead atoms. The first-order valence-corrected chi connectivity index (χ1v) is 7.39. The molecule has 24 heavy (non-hydrogen) atoms. The van der Waals surface area contributed by atoms with Crippen molar-refractivity contribution in [3.05, 3.63) is 71.0 Å². The van der Waals surface area contributed by atoms with Crippen LogP contribution in [0, 0.1) is 13.8 Å². The second-order valence-corrected chi connectivity index (χ2v) is 5.33. The van der Waals surface area contributed by atoms with E-state index in [1.165, 1.54) is 13.2 Å². The standard InChI is InChI=1S/C19H19NO4/c1-12-6-4-9-16(13(12)2)20-19(23)18(22)11-17(21)14-7-5-8-15(10-14)24-3/h4-11,22H,1-3H3,(H,20,23)/b18-11-. The SMILES string of the molecule is COc1cccc(C(=O)/C=C(\O)C(=O)Nc2cccc(C)c2C)c1. The molecule has 0 spiro atoms. The Morgan fingerprint density at radius 3 is 2.54 bits per heavy atom. The molecule has 0 aliphatic heterocycles. The third kappa shape index (κ3) is 4.01. The number of amides is 1. The number of methoxy groups -OCH3 is 1. The zero-order chi connectivity index (χ0) is 17.7. The van der Waals surface area contributed by atoms with E-state index in [-0.39, 0.29) is 0 Å². The summed E-state index contributed by atoms with van der Waals surface area (Å²) in [6.07, 6.45) is 0.898. The van der Waals surface area contributed by atoms with Gasteiger partial charge in [0.1, 0.15) is 5.75 Å². The predicted molar refractivity (Wildman–Crippen MR) is 92.6 cm³/mol. The zero-order valence-corrected chi connectivity index (χ0v) is 13.8. The van der Waals surface area contributed by atoms with Crippen molar-refractivity contribution in [3.8, 4) is 5.75 Å². The van der Waals surface area contributed by atoms with E-state index in [9.17, 15) is 14.7 Å². The van der Waals surface area contributed by atoms with E-state index in [0.717, 1.165) is 17.2 Å². The van der Waals surface area contributed by atoms with Gasteiger partial charge in [0.2, 0.25) is 0 Å². The quantitative estimate of drug-likeness (QED) is 0.500. The molecule has 0 saturated heterocycles. The molecule has 0 aliphatic carbocycles. The van der Waals surface area contributed by atoms with Gasteiger partial charge >= 0.3 is 0 Å². The number of ketones is 1. The van der Waals surface area contributed by atoms with Crippen LogP contribution in [0.15, 0.2) is 54.3 Å². The maximum absolute atomic E-state index is 12.1. The van der Waals surface area contributed by atoms with Crippen LogP contribution in [0.2, 0.25) is 0 Å². The second-order valence-electron chi connectivity index (χ2n) is 5.33. The summed E-state index contributed by atoms with van der Waals surface area (Å²) in [7, 11) is 1.49. The Hall–Kier alpha value is -3.08. The summed E-state index contributed by atoms with van der Waals surface area (Å²) in [6, 6.07) is 11.9. The molecule has 0 aliphatic rings. The molecule has 2 aromatic rings. The van der Waals surface area contributed by atoms with Crippen molar-refractivity contribution < 1.29 is 19.4 Å². The molecule has 0 atom stereocenters. The van der Waals surface area contributed by atoms with E-state index >= 15 is 0 Å². The summed E-state index contributed by atoms with van der Waals surface area (Å²) in [5.41, 5.74) is 2.83. The molecule has 0 unspecified atom stereocenters. The van der Waals surface area contributed by atoms with Crippen molar-refractivity contribution in [1.82, 2.24) is 0 Å². The number of aryl methyl sites for hydroxylation is 1. The smallest absolute Gasteiger partial charge is 0.290 e. The number of rotatable bonds is 5. The Balaban J connectivity index is 2.15. The third-order valence-corrected chi connectivity index (χ3v) is 3.71. The van der Waals surface area contributed by atoms with Crippen LogP contribution in [0.4, 0.5) is 5.69 Å². The number of nitrogens with one attached hydrogen (secondary N) is 1. The topological polar surface area (TPSA) is 75.6 Å². The average molecular weight is 325 g/mol. The summed E-state index contributed by atoms with van der Waals surface area (Å²) in [5.74, 6) is -1.35. The maximum atomic E-state index is 12.1. The number of aliphatic hydroxyl groups is 1. The van der Waals surface area contributed by atoms with E-state index in [4.69, 9.17) is 4.74 Å². The number of aliphatic hydroxyl groups excluding tert-OH is 1. The summed E-state index contributed by atoms with van der Waals surface area (Å²) in [5, 5.41) is 12.5. The summed E-state index contributed by atoms with van der Waals surface area (Å²) < 4.78 is 5.05. The van der Waals surface area contributed by atoms with Crippen LogP contribution in [0.1, 0.15) is 21.5 Å². The van der Waals surface area contributed by atoms with Crippen LogP contribution < -0.4 is 10.1 Å². The van der Waals surface area contributed by atoms with Crippen molar-refractivity contribution in [3.63, 3.8) is 0 Å². The number of hydrogen-bond acceptors (Lipinski definition) is 4. The summed E-state index contributed by atoms with van der Waals surface area (Å²) in [4.78, 5) is 24.2. The highest BCUT2D eigenvalue weighted by molar-refractivity contribution is 6.11. The van der Waals surface area contributed by atoms with Crippen molar-refractivity contribution in [1.29, 1.82) is 0 Å². The fourth-order valence-corrected chi connectivity index (χ4v) is 2.12. The van der Waals surface area contributed by atoms with Crippen LogP contribution in [0.5, 0.6) is 5.75 Å². The molecule has 5 heteroatoms. The lowest BCUT2D eigenvalue weighted by molar-refractivity contribution is -0.115. The van der Waals surface area contributed by atoms with Gasteiger partial charge in [0.05, 0.1) is 7.11 Å². The number of allylic oxidation sites excluding steroid dienone is 1. The predicted octanol–water partition coefficient (Wildman–Crippen LogP) is 3.58. The van der Waals surface area contributed by atoms with Gasteiger partial charge in [0, 0.05) is 17.3 Å². The first-order valence-electron chi connectivity index (χ1n) is 7.39. The molecular formula is C19H19NO4. The van der Waals surface area contributed by atoms with Crippen LogP contribution in [-0.2, 0) is 4.79 Å². The van der Waals surface area contributed by atoms with Crippen molar-refractivity contribution in [2.45, 2.75) is 13.8 Å². The van der Waals surface area contributed by atoms with Gasteiger partial charge in [-0.1, -0.05) is 24.3 Å². The molecule has 2 rings (SSSR count). The lowest BCUT2D eigenvalue weighted by Crippen LogP contribution is -2.16. The minimum absolute atomic E-state index is 0.320.